The number of nitrogen functional groups attached to an aromatic ring is 1. The first-order chi connectivity index (χ1) is 31.2. The van der Waals surface area contributed by atoms with Crippen molar-refractivity contribution in [2.45, 2.75) is 84.3 Å². The molecule has 0 unspecified atom stereocenters. The van der Waals surface area contributed by atoms with E-state index in [2.05, 4.69) is 25.1 Å². The smallest absolute Gasteiger partial charge is 0.410 e. The average Bonchev–Trinajstić information content (AvgIpc) is 3.32. The number of aromatic nitrogens is 2. The molecular formula is C50H64N8O7. The summed E-state index contributed by atoms with van der Waals surface area (Å²) in [5.74, 6) is 1.18. The highest BCUT2D eigenvalue weighted by Gasteiger charge is 2.41. The quantitative estimate of drug-likeness (QED) is 0.103. The number of ether oxygens (including phenoxy) is 3. The Morgan fingerprint density at radius 2 is 1.11 bits per heavy atom. The van der Waals surface area contributed by atoms with Gasteiger partial charge in [0, 0.05) is 64.8 Å². The zero-order valence-corrected chi connectivity index (χ0v) is 38.3. The predicted molar refractivity (Wildman–Crippen MR) is 251 cm³/mol. The summed E-state index contributed by atoms with van der Waals surface area (Å²) in [6.07, 6.45) is 11.1. The number of nitrogens with two attached hydrogens (primary N) is 1. The molecule has 2 aromatic heterocycles. The SMILES string of the molecule is COC(=O)c1ccc(N2CCC3(CCN(C(=O)OC(C)(C)C)CC3)CC2)nc1.Nc1ccccc1NC(=O)c1ccc(N2CCC3(CCN(C(=O)OCc4ccccc4)CC3)CC2)nc1. The second kappa shape index (κ2) is 20.6. The van der Waals surface area contributed by atoms with E-state index in [1.54, 1.807) is 36.7 Å². The van der Waals surface area contributed by atoms with Crippen molar-refractivity contribution in [1.29, 1.82) is 0 Å². The lowest BCUT2D eigenvalue weighted by Crippen LogP contribution is -2.49. The van der Waals surface area contributed by atoms with Gasteiger partial charge in [0.2, 0.25) is 0 Å². The Morgan fingerprint density at radius 1 is 0.631 bits per heavy atom. The first kappa shape index (κ1) is 46.6. The van der Waals surface area contributed by atoms with Crippen LogP contribution in [0.5, 0.6) is 0 Å². The van der Waals surface area contributed by atoms with E-state index in [9.17, 15) is 19.2 Å². The monoisotopic (exact) mass is 888 g/mol. The van der Waals surface area contributed by atoms with Crippen molar-refractivity contribution in [3.8, 4) is 0 Å². The van der Waals surface area contributed by atoms with Crippen molar-refractivity contribution in [2.75, 3.05) is 80.3 Å². The number of para-hydroxylation sites is 2. The third-order valence-corrected chi connectivity index (χ3v) is 13.4. The Morgan fingerprint density at radius 3 is 1.58 bits per heavy atom. The number of piperidine rings is 4. The van der Waals surface area contributed by atoms with Crippen LogP contribution in [0.3, 0.4) is 0 Å². The van der Waals surface area contributed by atoms with Gasteiger partial charge in [0.1, 0.15) is 23.8 Å². The summed E-state index contributed by atoms with van der Waals surface area (Å²) in [6.45, 7) is 12.7. The normalized spacial score (nSPS) is 18.0. The number of anilines is 4. The van der Waals surface area contributed by atoms with Crippen LogP contribution < -0.4 is 20.9 Å². The molecule has 15 nitrogen and oxygen atoms in total. The Bertz CT molecular complexity index is 2210. The van der Waals surface area contributed by atoms with Crippen LogP contribution >= 0.6 is 0 Å². The number of benzene rings is 2. The van der Waals surface area contributed by atoms with Crippen LogP contribution in [-0.2, 0) is 20.8 Å². The summed E-state index contributed by atoms with van der Waals surface area (Å²) < 4.78 is 15.7. The highest BCUT2D eigenvalue weighted by Crippen LogP contribution is 2.43. The van der Waals surface area contributed by atoms with Gasteiger partial charge >= 0.3 is 18.2 Å². The first-order valence-corrected chi connectivity index (χ1v) is 22.8. The lowest BCUT2D eigenvalue weighted by Gasteiger charge is -2.47. The fraction of sp³-hybridized carbons (Fsp3) is 0.480. The van der Waals surface area contributed by atoms with Gasteiger partial charge in [-0.3, -0.25) is 4.79 Å². The van der Waals surface area contributed by atoms with Crippen LogP contribution in [0, 0.1) is 10.8 Å². The highest BCUT2D eigenvalue weighted by atomic mass is 16.6. The molecule has 65 heavy (non-hydrogen) atoms. The Hall–Kier alpha value is -6.38. The van der Waals surface area contributed by atoms with Gasteiger partial charge in [-0.05, 0) is 125 Å². The molecule has 0 saturated carbocycles. The molecule has 3 amide bonds. The molecule has 0 atom stereocenters. The third-order valence-electron chi connectivity index (χ3n) is 13.4. The maximum atomic E-state index is 12.6. The van der Waals surface area contributed by atoms with Crippen LogP contribution in [0.25, 0.3) is 0 Å². The number of carbonyl (C=O) groups is 4. The third kappa shape index (κ3) is 12.3. The summed E-state index contributed by atoms with van der Waals surface area (Å²) >= 11 is 0. The molecule has 3 N–H and O–H groups in total. The molecule has 346 valence electrons. The van der Waals surface area contributed by atoms with Crippen LogP contribution in [0.2, 0.25) is 0 Å². The number of carbonyl (C=O) groups excluding carboxylic acids is 4. The molecule has 2 spiro atoms. The number of amides is 3. The van der Waals surface area contributed by atoms with Crippen molar-refractivity contribution in [3.63, 3.8) is 0 Å². The number of rotatable bonds is 7. The maximum Gasteiger partial charge on any atom is 0.410 e. The molecule has 4 aliphatic heterocycles. The van der Waals surface area contributed by atoms with Gasteiger partial charge in [-0.2, -0.15) is 0 Å². The molecule has 4 saturated heterocycles. The summed E-state index contributed by atoms with van der Waals surface area (Å²) in [6, 6.07) is 24.3. The van der Waals surface area contributed by atoms with Crippen molar-refractivity contribution in [1.82, 2.24) is 19.8 Å². The van der Waals surface area contributed by atoms with E-state index in [-0.39, 0.29) is 29.5 Å². The average molecular weight is 889 g/mol. The predicted octanol–water partition coefficient (Wildman–Crippen LogP) is 8.42. The molecule has 4 aromatic rings. The molecule has 8 rings (SSSR count). The topological polar surface area (TPSA) is 173 Å². The first-order valence-electron chi connectivity index (χ1n) is 22.8. The molecule has 0 aliphatic carbocycles. The van der Waals surface area contributed by atoms with Crippen LogP contribution in [0.15, 0.2) is 91.3 Å². The fourth-order valence-electron chi connectivity index (χ4n) is 9.21. The second-order valence-electron chi connectivity index (χ2n) is 18.8. The lowest BCUT2D eigenvalue weighted by molar-refractivity contribution is 0.00660. The number of esters is 1. The lowest BCUT2D eigenvalue weighted by atomic mass is 9.71. The number of hydrogen-bond donors (Lipinski definition) is 2. The Labute approximate surface area is 382 Å². The van der Waals surface area contributed by atoms with Crippen molar-refractivity contribution >= 4 is 47.1 Å². The molecule has 0 radical (unpaired) electrons. The molecule has 6 heterocycles. The summed E-state index contributed by atoms with van der Waals surface area (Å²) in [7, 11) is 1.37. The van der Waals surface area contributed by atoms with Crippen molar-refractivity contribution in [2.24, 2.45) is 10.8 Å². The summed E-state index contributed by atoms with van der Waals surface area (Å²) in [5, 5.41) is 2.84. The Kier molecular flexibility index (Phi) is 14.8. The van der Waals surface area contributed by atoms with E-state index in [1.807, 2.05) is 85.2 Å². The molecule has 4 fully saturated rings. The van der Waals surface area contributed by atoms with E-state index < -0.39 is 5.60 Å². The maximum absolute atomic E-state index is 12.6. The highest BCUT2D eigenvalue weighted by molar-refractivity contribution is 6.05. The minimum atomic E-state index is -0.450. The Balaban J connectivity index is 0.000000202. The zero-order valence-electron chi connectivity index (χ0n) is 38.3. The minimum Gasteiger partial charge on any atom is -0.465 e. The summed E-state index contributed by atoms with van der Waals surface area (Å²) in [4.78, 5) is 66.2. The largest absolute Gasteiger partial charge is 0.465 e. The van der Waals surface area contributed by atoms with E-state index in [4.69, 9.17) is 19.9 Å². The second-order valence-corrected chi connectivity index (χ2v) is 18.8. The number of methoxy groups -OCH3 is 1. The number of nitrogens with one attached hydrogen (secondary N) is 1. The molecule has 4 aliphatic rings. The number of pyridine rings is 2. The molecule has 0 bridgehead atoms. The van der Waals surface area contributed by atoms with Gasteiger partial charge < -0.3 is 44.9 Å². The number of nitrogens with zero attached hydrogens (tertiary/aromatic N) is 6. The number of likely N-dealkylation sites (tertiary alicyclic amines) is 2. The van der Waals surface area contributed by atoms with Crippen molar-refractivity contribution in [3.05, 3.63) is 108 Å². The van der Waals surface area contributed by atoms with E-state index in [0.29, 0.717) is 34.5 Å². The zero-order chi connectivity index (χ0) is 46.0. The van der Waals surface area contributed by atoms with E-state index in [1.165, 1.54) is 7.11 Å². The summed E-state index contributed by atoms with van der Waals surface area (Å²) in [5.41, 5.74) is 9.12. The van der Waals surface area contributed by atoms with Crippen LogP contribution in [0.4, 0.5) is 32.6 Å². The van der Waals surface area contributed by atoms with Gasteiger partial charge in [0.25, 0.3) is 5.91 Å². The standard InChI is InChI=1S/C29H33N5O3.C21H31N3O4/c30-24-8-4-5-9-25(24)32-27(35)23-10-11-26(31-20-23)33-16-12-29(13-17-33)14-18-34(19-15-29)28(36)37-21-22-6-2-1-3-7-22;1-20(2,3)28-19(26)24-13-9-21(10-14-24)7-11-23(12-8-21)17-6-5-16(15-22-17)18(25)27-4/h1-11,20H,12-19,21,30H2,(H,32,35);5-6,15H,7-14H2,1-4H3. The fourth-order valence-corrected chi connectivity index (χ4v) is 9.21. The number of hydrogen-bond acceptors (Lipinski definition) is 12. The van der Waals surface area contributed by atoms with Gasteiger partial charge in [-0.25, -0.2) is 24.4 Å². The van der Waals surface area contributed by atoms with Gasteiger partial charge in [0.15, 0.2) is 0 Å². The molecular weight excluding hydrogens is 825 g/mol. The molecule has 2 aromatic carbocycles. The van der Waals surface area contributed by atoms with E-state index >= 15 is 0 Å². The van der Waals surface area contributed by atoms with Gasteiger partial charge in [0.05, 0.1) is 29.6 Å². The van der Waals surface area contributed by atoms with Gasteiger partial charge in [-0.15, -0.1) is 0 Å². The van der Waals surface area contributed by atoms with Gasteiger partial charge in [-0.1, -0.05) is 42.5 Å². The molecule has 15 heteroatoms. The van der Waals surface area contributed by atoms with Crippen LogP contribution in [0.1, 0.15) is 98.4 Å². The van der Waals surface area contributed by atoms with Crippen LogP contribution in [-0.4, -0.2) is 109 Å². The minimum absolute atomic E-state index is 0.199. The van der Waals surface area contributed by atoms with E-state index in [0.717, 1.165) is 121 Å². The van der Waals surface area contributed by atoms with Crippen molar-refractivity contribution < 1.29 is 33.4 Å².